The fraction of sp³-hybridized carbons (Fsp3) is 0.300. The average molecular weight is 382 g/mol. The minimum absolute atomic E-state index is 0.198. The number of benzene rings is 1. The van der Waals surface area contributed by atoms with Crippen molar-refractivity contribution >= 4 is 17.7 Å². The lowest BCUT2D eigenvalue weighted by molar-refractivity contribution is -0.140. The lowest BCUT2D eigenvalue weighted by Crippen LogP contribution is -2.09. The van der Waals surface area contributed by atoms with Crippen LogP contribution in [-0.2, 0) is 9.53 Å². The van der Waals surface area contributed by atoms with Crippen molar-refractivity contribution in [3.05, 3.63) is 54.4 Å². The molecule has 0 radical (unpaired) electrons. The van der Waals surface area contributed by atoms with Gasteiger partial charge in [-0.05, 0) is 37.1 Å². The van der Waals surface area contributed by atoms with E-state index in [-0.39, 0.29) is 11.7 Å². The molecule has 1 aromatic carbocycles. The fourth-order valence-corrected chi connectivity index (χ4v) is 3.32. The second-order valence-corrected chi connectivity index (χ2v) is 6.97. The first kappa shape index (κ1) is 19.1. The van der Waals surface area contributed by atoms with Gasteiger partial charge < -0.3 is 4.74 Å². The highest BCUT2D eigenvalue weighted by Gasteiger charge is 2.18. The van der Waals surface area contributed by atoms with Crippen LogP contribution in [0.2, 0.25) is 0 Å². The van der Waals surface area contributed by atoms with Gasteiger partial charge in [0.15, 0.2) is 11.0 Å². The van der Waals surface area contributed by atoms with Crippen LogP contribution in [0.5, 0.6) is 0 Å². The molecule has 7 heteroatoms. The minimum Gasteiger partial charge on any atom is -0.465 e. The quantitative estimate of drug-likeness (QED) is 0.332. The summed E-state index contributed by atoms with van der Waals surface area (Å²) in [6, 6.07) is 11.8. The first-order chi connectivity index (χ1) is 13.2. The molecule has 0 spiro atoms. The molecule has 6 nitrogen and oxygen atoms in total. The topological polar surface area (TPSA) is 69.9 Å². The van der Waals surface area contributed by atoms with E-state index in [0.717, 1.165) is 29.7 Å². The zero-order valence-corrected chi connectivity index (χ0v) is 16.3. The zero-order chi connectivity index (χ0) is 19.1. The smallest absolute Gasteiger partial charge is 0.316 e. The van der Waals surface area contributed by atoms with Crippen molar-refractivity contribution in [3.8, 4) is 17.1 Å². The number of nitrogens with zero attached hydrogens (tertiary/aromatic N) is 4. The van der Waals surface area contributed by atoms with Crippen LogP contribution in [-0.4, -0.2) is 38.1 Å². The molecule has 0 saturated heterocycles. The largest absolute Gasteiger partial charge is 0.465 e. The number of carbonyl (C=O) groups is 1. The Bertz CT molecular complexity index is 896. The highest BCUT2D eigenvalue weighted by Crippen LogP contribution is 2.29. The number of rotatable bonds is 8. The fourth-order valence-electron chi connectivity index (χ4n) is 2.58. The maximum atomic E-state index is 12.0. The van der Waals surface area contributed by atoms with E-state index in [1.165, 1.54) is 11.8 Å². The number of ether oxygens (including phenoxy) is 1. The molecule has 2 aromatic heterocycles. The van der Waals surface area contributed by atoms with Crippen LogP contribution in [0.1, 0.15) is 25.3 Å². The van der Waals surface area contributed by atoms with Crippen molar-refractivity contribution in [2.75, 3.05) is 12.4 Å². The first-order valence-corrected chi connectivity index (χ1v) is 9.89. The molecule has 0 aliphatic rings. The second-order valence-electron chi connectivity index (χ2n) is 6.03. The molecule has 0 atom stereocenters. The van der Waals surface area contributed by atoms with Gasteiger partial charge in [0.1, 0.15) is 0 Å². The highest BCUT2D eigenvalue weighted by atomic mass is 32.2. The van der Waals surface area contributed by atoms with Gasteiger partial charge in [0.25, 0.3) is 0 Å². The molecule has 0 saturated carbocycles. The van der Waals surface area contributed by atoms with Crippen LogP contribution in [0, 0.1) is 6.92 Å². The Morgan fingerprint density at radius 1 is 1.15 bits per heavy atom. The molecule has 0 bridgehead atoms. The van der Waals surface area contributed by atoms with Gasteiger partial charge >= 0.3 is 5.97 Å². The molecule has 0 amide bonds. The summed E-state index contributed by atoms with van der Waals surface area (Å²) in [5.74, 6) is 0.677. The molecular weight excluding hydrogens is 360 g/mol. The normalized spacial score (nSPS) is 10.7. The van der Waals surface area contributed by atoms with Crippen LogP contribution in [0.25, 0.3) is 17.1 Å². The number of aryl methyl sites for hydroxylation is 1. The van der Waals surface area contributed by atoms with Crippen molar-refractivity contribution in [1.82, 2.24) is 19.7 Å². The summed E-state index contributed by atoms with van der Waals surface area (Å²) in [6.07, 6.45) is 5.33. The molecule has 0 fully saturated rings. The number of aromatic nitrogens is 4. The lowest BCUT2D eigenvalue weighted by Gasteiger charge is -2.12. The van der Waals surface area contributed by atoms with Gasteiger partial charge in [-0.3, -0.25) is 14.3 Å². The van der Waals surface area contributed by atoms with E-state index in [4.69, 9.17) is 4.74 Å². The Morgan fingerprint density at radius 3 is 2.67 bits per heavy atom. The monoisotopic (exact) mass is 382 g/mol. The number of thioether (sulfide) groups is 1. The van der Waals surface area contributed by atoms with Gasteiger partial charge in [-0.25, -0.2) is 0 Å². The molecular formula is C20H22N4O2S. The van der Waals surface area contributed by atoms with Gasteiger partial charge in [-0.1, -0.05) is 43.3 Å². The Kier molecular flexibility index (Phi) is 6.59. The predicted molar refractivity (Wildman–Crippen MR) is 106 cm³/mol. The highest BCUT2D eigenvalue weighted by molar-refractivity contribution is 7.99. The van der Waals surface area contributed by atoms with Crippen molar-refractivity contribution in [2.24, 2.45) is 0 Å². The van der Waals surface area contributed by atoms with E-state index in [2.05, 4.69) is 22.1 Å². The Hall–Kier alpha value is -2.67. The van der Waals surface area contributed by atoms with Crippen molar-refractivity contribution in [3.63, 3.8) is 0 Å². The summed E-state index contributed by atoms with van der Waals surface area (Å²) in [5, 5.41) is 9.35. The number of carbonyl (C=O) groups excluding carboxylic acids is 1. The van der Waals surface area contributed by atoms with Gasteiger partial charge in [-0.2, -0.15) is 0 Å². The molecule has 0 N–H and O–H groups in total. The zero-order valence-electron chi connectivity index (χ0n) is 15.5. The first-order valence-electron chi connectivity index (χ1n) is 8.91. The third-order valence-corrected chi connectivity index (χ3v) is 4.91. The lowest BCUT2D eigenvalue weighted by atomic mass is 10.2. The van der Waals surface area contributed by atoms with Gasteiger partial charge in [0.05, 0.1) is 18.0 Å². The maximum Gasteiger partial charge on any atom is 0.316 e. The molecule has 0 aliphatic heterocycles. The number of hydrogen-bond donors (Lipinski definition) is 0. The van der Waals surface area contributed by atoms with Crippen LogP contribution in [0.3, 0.4) is 0 Å². The van der Waals surface area contributed by atoms with E-state index < -0.39 is 0 Å². The Morgan fingerprint density at radius 2 is 1.93 bits per heavy atom. The standard InChI is InChI=1S/C20H22N4O2S/c1-3-4-13-26-18(25)14-27-20-23-22-19(16-9-11-21-12-10-16)24(20)17-8-6-5-7-15(17)2/h5-12H,3-4,13-14H2,1-2H3. The average Bonchev–Trinajstić information content (AvgIpc) is 3.11. The third-order valence-electron chi connectivity index (χ3n) is 4.01. The van der Waals surface area contributed by atoms with Crippen LogP contribution in [0.15, 0.2) is 53.9 Å². The van der Waals surface area contributed by atoms with E-state index in [9.17, 15) is 4.79 Å². The second kappa shape index (κ2) is 9.32. The number of para-hydroxylation sites is 1. The van der Waals surface area contributed by atoms with Crippen LogP contribution < -0.4 is 0 Å². The molecule has 3 rings (SSSR count). The van der Waals surface area contributed by atoms with Crippen LogP contribution in [0.4, 0.5) is 0 Å². The molecule has 3 aromatic rings. The number of esters is 1. The Balaban J connectivity index is 1.89. The summed E-state index contributed by atoms with van der Waals surface area (Å²) in [7, 11) is 0. The predicted octanol–water partition coefficient (Wildman–Crippen LogP) is 4.07. The third kappa shape index (κ3) is 4.74. The van der Waals surface area contributed by atoms with Gasteiger partial charge in [0.2, 0.25) is 0 Å². The summed E-state index contributed by atoms with van der Waals surface area (Å²) < 4.78 is 7.22. The molecule has 140 valence electrons. The number of unbranched alkanes of at least 4 members (excludes halogenated alkanes) is 1. The Labute approximate surface area is 163 Å². The summed E-state index contributed by atoms with van der Waals surface area (Å²) in [5.41, 5.74) is 2.99. The van der Waals surface area contributed by atoms with E-state index in [1.807, 2.05) is 47.9 Å². The molecule has 27 heavy (non-hydrogen) atoms. The van der Waals surface area contributed by atoms with E-state index in [0.29, 0.717) is 17.6 Å². The van der Waals surface area contributed by atoms with E-state index >= 15 is 0 Å². The van der Waals surface area contributed by atoms with E-state index in [1.54, 1.807) is 12.4 Å². The summed E-state index contributed by atoms with van der Waals surface area (Å²) in [6.45, 7) is 4.57. The molecule has 0 aliphatic carbocycles. The molecule has 0 unspecified atom stereocenters. The SMILES string of the molecule is CCCCOC(=O)CSc1nnc(-c2ccncc2)n1-c1ccccc1C. The van der Waals surface area contributed by atoms with Gasteiger partial charge in [0, 0.05) is 18.0 Å². The summed E-state index contributed by atoms with van der Waals surface area (Å²) >= 11 is 1.33. The van der Waals surface area contributed by atoms with Crippen molar-refractivity contribution < 1.29 is 9.53 Å². The molecule has 2 heterocycles. The van der Waals surface area contributed by atoms with Crippen LogP contribution >= 0.6 is 11.8 Å². The van der Waals surface area contributed by atoms with Crippen molar-refractivity contribution in [2.45, 2.75) is 31.8 Å². The van der Waals surface area contributed by atoms with Gasteiger partial charge in [-0.15, -0.1) is 10.2 Å². The maximum absolute atomic E-state index is 12.0. The number of hydrogen-bond acceptors (Lipinski definition) is 6. The summed E-state index contributed by atoms with van der Waals surface area (Å²) in [4.78, 5) is 16.0. The van der Waals surface area contributed by atoms with Crippen molar-refractivity contribution in [1.29, 1.82) is 0 Å². The number of pyridine rings is 1. The minimum atomic E-state index is -0.238.